The first kappa shape index (κ1) is 16.6. The predicted octanol–water partition coefficient (Wildman–Crippen LogP) is 3.06. The van der Waals surface area contributed by atoms with E-state index >= 15 is 0 Å². The number of ether oxygens (including phenoxy) is 2. The van der Waals surface area contributed by atoms with Crippen molar-refractivity contribution in [2.24, 2.45) is 5.92 Å². The van der Waals surface area contributed by atoms with Gasteiger partial charge in [-0.3, -0.25) is 9.69 Å². The largest absolute Gasteiger partial charge is 0.462 e. The molecule has 1 saturated heterocycles. The molecule has 4 atom stereocenters. The molecule has 2 aliphatic rings. The van der Waals surface area contributed by atoms with E-state index in [4.69, 9.17) is 9.47 Å². The fourth-order valence-corrected chi connectivity index (χ4v) is 3.22. The monoisotopic (exact) mass is 307 g/mol. The van der Waals surface area contributed by atoms with Crippen LogP contribution >= 0.6 is 0 Å². The lowest BCUT2D eigenvalue weighted by atomic mass is 9.86. The van der Waals surface area contributed by atoms with Gasteiger partial charge in [0, 0.05) is 19.3 Å². The number of carbonyl (C=O) groups excluding carboxylic acids is 2. The van der Waals surface area contributed by atoms with Crippen LogP contribution in [-0.4, -0.2) is 40.8 Å². The van der Waals surface area contributed by atoms with Gasteiger partial charge in [0.15, 0.2) is 0 Å². The number of hydrogen-bond acceptors (Lipinski definition) is 4. The fourth-order valence-electron chi connectivity index (χ4n) is 3.22. The van der Waals surface area contributed by atoms with Gasteiger partial charge in [0.05, 0.1) is 12.1 Å². The molecular formula is C17H25NO4. The van der Waals surface area contributed by atoms with Gasteiger partial charge in [0.2, 0.25) is 0 Å². The molecule has 1 aliphatic carbocycles. The number of fused-ring (bicyclic) bond motifs is 1. The van der Waals surface area contributed by atoms with Crippen LogP contribution in [0.2, 0.25) is 0 Å². The minimum Gasteiger partial charge on any atom is -0.462 e. The molecule has 0 N–H and O–H groups in total. The average molecular weight is 307 g/mol. The van der Waals surface area contributed by atoms with Crippen LogP contribution in [0.25, 0.3) is 0 Å². The second kappa shape index (κ2) is 6.15. The zero-order chi connectivity index (χ0) is 16.5. The summed E-state index contributed by atoms with van der Waals surface area (Å²) in [4.78, 5) is 25.5. The van der Waals surface area contributed by atoms with Gasteiger partial charge >= 0.3 is 12.1 Å². The summed E-state index contributed by atoms with van der Waals surface area (Å²) in [6.45, 7) is 10.8. The van der Waals surface area contributed by atoms with Crippen molar-refractivity contribution in [2.75, 3.05) is 0 Å². The summed E-state index contributed by atoms with van der Waals surface area (Å²) in [5, 5.41) is 0. The molecule has 0 spiro atoms. The van der Waals surface area contributed by atoms with Gasteiger partial charge in [0.25, 0.3) is 0 Å². The Balaban J connectivity index is 2.21. The maximum Gasteiger partial charge on any atom is 0.411 e. The van der Waals surface area contributed by atoms with Gasteiger partial charge in [-0.2, -0.15) is 0 Å². The highest BCUT2D eigenvalue weighted by atomic mass is 16.6. The number of esters is 1. The van der Waals surface area contributed by atoms with Crippen LogP contribution in [0.15, 0.2) is 24.8 Å². The highest BCUT2D eigenvalue weighted by Crippen LogP contribution is 2.39. The van der Waals surface area contributed by atoms with Crippen molar-refractivity contribution in [3.8, 4) is 0 Å². The summed E-state index contributed by atoms with van der Waals surface area (Å²) in [7, 11) is 0. The topological polar surface area (TPSA) is 55.8 Å². The predicted molar refractivity (Wildman–Crippen MR) is 83.3 cm³/mol. The van der Waals surface area contributed by atoms with E-state index in [1.54, 1.807) is 11.0 Å². The SMILES string of the molecule is C=C[C@@H]1C[C@@H]2[C@H](OC(C)=O)CC=C[C@@H]2N1C(=O)OC(C)(C)C. The molecule has 0 aromatic heterocycles. The number of amides is 1. The third-order valence-corrected chi connectivity index (χ3v) is 4.00. The molecule has 0 saturated carbocycles. The van der Waals surface area contributed by atoms with E-state index < -0.39 is 5.60 Å². The molecule has 122 valence electrons. The second-order valence-corrected chi connectivity index (χ2v) is 6.89. The Morgan fingerprint density at radius 1 is 1.36 bits per heavy atom. The van der Waals surface area contributed by atoms with Crippen molar-refractivity contribution in [3.05, 3.63) is 24.8 Å². The maximum atomic E-state index is 12.5. The number of hydrogen-bond donors (Lipinski definition) is 0. The number of nitrogens with zero attached hydrogens (tertiary/aromatic N) is 1. The van der Waals surface area contributed by atoms with Crippen LogP contribution in [0.1, 0.15) is 40.5 Å². The standard InChI is InChI=1S/C17H25NO4/c1-6-12-10-13-14(8-7-9-15(13)21-11(2)19)18(12)16(20)22-17(3,4)5/h6-8,12-15H,1,9-10H2,2-5H3/t12-,13+,14+,15-/m1/s1. The van der Waals surface area contributed by atoms with Gasteiger partial charge in [-0.15, -0.1) is 6.58 Å². The lowest BCUT2D eigenvalue weighted by Crippen LogP contribution is -2.46. The fraction of sp³-hybridized carbons (Fsp3) is 0.647. The Bertz CT molecular complexity index is 491. The maximum absolute atomic E-state index is 12.5. The Labute approximate surface area is 131 Å². The van der Waals surface area contributed by atoms with Crippen LogP contribution in [-0.2, 0) is 14.3 Å². The van der Waals surface area contributed by atoms with E-state index in [2.05, 4.69) is 6.58 Å². The Morgan fingerprint density at radius 2 is 2.05 bits per heavy atom. The van der Waals surface area contributed by atoms with E-state index in [0.717, 1.165) is 6.42 Å². The van der Waals surface area contributed by atoms with Crippen LogP contribution < -0.4 is 0 Å². The van der Waals surface area contributed by atoms with Crippen molar-refractivity contribution < 1.29 is 19.1 Å². The van der Waals surface area contributed by atoms with Gasteiger partial charge in [0.1, 0.15) is 11.7 Å². The molecule has 1 fully saturated rings. The molecule has 0 unspecified atom stereocenters. The third-order valence-electron chi connectivity index (χ3n) is 4.00. The molecule has 22 heavy (non-hydrogen) atoms. The van der Waals surface area contributed by atoms with Crippen molar-refractivity contribution >= 4 is 12.1 Å². The Kier molecular flexibility index (Phi) is 4.63. The lowest BCUT2D eigenvalue weighted by molar-refractivity contribution is -0.149. The molecule has 2 rings (SSSR count). The quantitative estimate of drug-likeness (QED) is 0.581. The Hall–Kier alpha value is -1.78. The smallest absolute Gasteiger partial charge is 0.411 e. The average Bonchev–Trinajstić information content (AvgIpc) is 2.75. The van der Waals surface area contributed by atoms with Crippen molar-refractivity contribution in [1.29, 1.82) is 0 Å². The van der Waals surface area contributed by atoms with E-state index in [1.807, 2.05) is 32.9 Å². The molecule has 1 amide bonds. The number of carbonyl (C=O) groups is 2. The summed E-state index contributed by atoms with van der Waals surface area (Å²) in [6, 6.07) is -0.221. The highest BCUT2D eigenvalue weighted by Gasteiger charge is 2.48. The molecule has 0 aromatic rings. The van der Waals surface area contributed by atoms with Crippen molar-refractivity contribution in [1.82, 2.24) is 4.90 Å². The summed E-state index contributed by atoms with van der Waals surface area (Å²) >= 11 is 0. The molecule has 5 nitrogen and oxygen atoms in total. The molecule has 1 aliphatic heterocycles. The van der Waals surface area contributed by atoms with Gasteiger partial charge in [-0.1, -0.05) is 18.2 Å². The number of rotatable bonds is 2. The minimum absolute atomic E-state index is 0.0874. The summed E-state index contributed by atoms with van der Waals surface area (Å²) in [5.74, 6) is -0.200. The van der Waals surface area contributed by atoms with Crippen LogP contribution in [0.4, 0.5) is 4.79 Å². The van der Waals surface area contributed by atoms with Crippen LogP contribution in [0.5, 0.6) is 0 Å². The van der Waals surface area contributed by atoms with E-state index in [9.17, 15) is 9.59 Å². The zero-order valence-electron chi connectivity index (χ0n) is 13.7. The van der Waals surface area contributed by atoms with Crippen LogP contribution in [0, 0.1) is 5.92 Å². The van der Waals surface area contributed by atoms with Gasteiger partial charge in [-0.05, 0) is 27.2 Å². The van der Waals surface area contributed by atoms with E-state index in [-0.39, 0.29) is 36.2 Å². The molecular weight excluding hydrogens is 282 g/mol. The summed E-state index contributed by atoms with van der Waals surface area (Å²) in [6.07, 6.45) is 6.62. The lowest BCUT2D eigenvalue weighted by Gasteiger charge is -2.34. The zero-order valence-corrected chi connectivity index (χ0v) is 13.7. The first-order valence-corrected chi connectivity index (χ1v) is 7.70. The van der Waals surface area contributed by atoms with E-state index in [0.29, 0.717) is 6.42 Å². The molecule has 5 heteroatoms. The van der Waals surface area contributed by atoms with Gasteiger partial charge < -0.3 is 9.47 Å². The number of likely N-dealkylation sites (tertiary alicyclic amines) is 1. The van der Waals surface area contributed by atoms with Crippen molar-refractivity contribution in [3.63, 3.8) is 0 Å². The van der Waals surface area contributed by atoms with Gasteiger partial charge in [-0.25, -0.2) is 4.79 Å². The van der Waals surface area contributed by atoms with E-state index in [1.165, 1.54) is 6.92 Å². The molecule has 0 bridgehead atoms. The summed E-state index contributed by atoms with van der Waals surface area (Å²) < 4.78 is 10.9. The van der Waals surface area contributed by atoms with Crippen molar-refractivity contribution in [2.45, 2.75) is 64.3 Å². The molecule has 0 radical (unpaired) electrons. The first-order chi connectivity index (χ1) is 10.2. The highest BCUT2D eigenvalue weighted by molar-refractivity contribution is 5.70. The van der Waals surface area contributed by atoms with Crippen LogP contribution in [0.3, 0.4) is 0 Å². The summed E-state index contributed by atoms with van der Waals surface area (Å²) in [5.41, 5.74) is -0.547. The molecule has 0 aromatic carbocycles. The Morgan fingerprint density at radius 3 is 2.59 bits per heavy atom. The second-order valence-electron chi connectivity index (χ2n) is 6.89. The third kappa shape index (κ3) is 3.51. The minimum atomic E-state index is -0.547. The normalized spacial score (nSPS) is 30.6. The molecule has 1 heterocycles. The first-order valence-electron chi connectivity index (χ1n) is 7.70.